The summed E-state index contributed by atoms with van der Waals surface area (Å²) < 4.78 is 24.3. The number of rotatable bonds is 6. The molecule has 1 unspecified atom stereocenters. The molecular formula is C16H21FIN3O2. The third-order valence-electron chi connectivity index (χ3n) is 2.96. The normalized spacial score (nSPS) is 12.2. The number of furan rings is 1. The molecule has 0 aliphatic carbocycles. The molecule has 2 N–H and O–H groups in total. The van der Waals surface area contributed by atoms with Gasteiger partial charge in [-0.25, -0.2) is 4.39 Å². The smallest absolute Gasteiger partial charge is 0.191 e. The van der Waals surface area contributed by atoms with Gasteiger partial charge in [-0.1, -0.05) is 12.1 Å². The van der Waals surface area contributed by atoms with Crippen molar-refractivity contribution in [3.8, 4) is 5.75 Å². The Labute approximate surface area is 152 Å². The van der Waals surface area contributed by atoms with Gasteiger partial charge in [-0.3, -0.25) is 4.99 Å². The first kappa shape index (κ1) is 19.3. The number of guanidine groups is 1. The van der Waals surface area contributed by atoms with Crippen LogP contribution in [0.4, 0.5) is 4.39 Å². The lowest BCUT2D eigenvalue weighted by atomic mass is 10.3. The highest BCUT2D eigenvalue weighted by Gasteiger charge is 2.09. The van der Waals surface area contributed by atoms with Crippen molar-refractivity contribution in [1.82, 2.24) is 10.6 Å². The van der Waals surface area contributed by atoms with E-state index in [0.717, 1.165) is 5.76 Å². The van der Waals surface area contributed by atoms with Gasteiger partial charge in [-0.2, -0.15) is 0 Å². The SMILES string of the molecule is CN=C(NCc1ccco1)NCC(C)Oc1ccccc1F.I. The summed E-state index contributed by atoms with van der Waals surface area (Å²) in [6.45, 7) is 2.89. The first-order valence-electron chi connectivity index (χ1n) is 7.07. The van der Waals surface area contributed by atoms with Gasteiger partial charge in [0.05, 0.1) is 19.4 Å². The van der Waals surface area contributed by atoms with Crippen molar-refractivity contribution in [1.29, 1.82) is 0 Å². The summed E-state index contributed by atoms with van der Waals surface area (Å²) >= 11 is 0. The number of benzene rings is 1. The highest BCUT2D eigenvalue weighted by atomic mass is 127. The minimum Gasteiger partial charge on any atom is -0.486 e. The van der Waals surface area contributed by atoms with E-state index in [0.29, 0.717) is 19.0 Å². The van der Waals surface area contributed by atoms with E-state index < -0.39 is 0 Å². The summed E-state index contributed by atoms with van der Waals surface area (Å²) in [5.74, 6) is 1.32. The van der Waals surface area contributed by atoms with Crippen LogP contribution in [-0.4, -0.2) is 25.7 Å². The lowest BCUT2D eigenvalue weighted by molar-refractivity contribution is 0.214. The van der Waals surface area contributed by atoms with Crippen molar-refractivity contribution in [3.63, 3.8) is 0 Å². The zero-order valence-corrected chi connectivity index (χ0v) is 15.4. The van der Waals surface area contributed by atoms with Crippen LogP contribution in [-0.2, 0) is 6.54 Å². The Morgan fingerprint density at radius 2 is 2.04 bits per heavy atom. The molecule has 0 saturated carbocycles. The van der Waals surface area contributed by atoms with Gasteiger partial charge in [0.25, 0.3) is 0 Å². The molecule has 0 aliphatic rings. The average molecular weight is 433 g/mol. The minimum atomic E-state index is -0.366. The predicted octanol–water partition coefficient (Wildman–Crippen LogP) is 3.17. The van der Waals surface area contributed by atoms with Crippen LogP contribution in [0.15, 0.2) is 52.1 Å². The number of nitrogens with one attached hydrogen (secondary N) is 2. The second-order valence-electron chi connectivity index (χ2n) is 4.74. The molecule has 23 heavy (non-hydrogen) atoms. The standard InChI is InChI=1S/C16H20FN3O2.HI/c1-12(22-15-8-4-3-7-14(15)17)10-19-16(18-2)20-11-13-6-5-9-21-13;/h3-9,12H,10-11H2,1-2H3,(H2,18,19,20);1H. The largest absolute Gasteiger partial charge is 0.486 e. The third kappa shape index (κ3) is 6.47. The molecule has 0 radical (unpaired) electrons. The second-order valence-corrected chi connectivity index (χ2v) is 4.74. The maximum absolute atomic E-state index is 13.5. The van der Waals surface area contributed by atoms with Gasteiger partial charge in [-0.15, -0.1) is 24.0 Å². The fourth-order valence-electron chi connectivity index (χ4n) is 1.84. The average Bonchev–Trinajstić information content (AvgIpc) is 3.03. The Kier molecular flexibility index (Phi) is 8.46. The molecule has 2 rings (SSSR count). The number of halogens is 2. The number of hydrogen-bond acceptors (Lipinski definition) is 3. The summed E-state index contributed by atoms with van der Waals surface area (Å²) in [5.41, 5.74) is 0. The van der Waals surface area contributed by atoms with Crippen LogP contribution in [0.5, 0.6) is 5.75 Å². The summed E-state index contributed by atoms with van der Waals surface area (Å²) in [5, 5.41) is 6.24. The Hall–Kier alpha value is -1.77. The Balaban J connectivity index is 0.00000264. The molecule has 1 aromatic heterocycles. The number of para-hydroxylation sites is 1. The summed E-state index contributed by atoms with van der Waals surface area (Å²) in [4.78, 5) is 4.11. The highest BCUT2D eigenvalue weighted by Crippen LogP contribution is 2.16. The van der Waals surface area contributed by atoms with Crippen LogP contribution in [0, 0.1) is 5.82 Å². The van der Waals surface area contributed by atoms with Crippen LogP contribution in [0.2, 0.25) is 0 Å². The van der Waals surface area contributed by atoms with Gasteiger partial charge in [0.2, 0.25) is 0 Å². The summed E-state index contributed by atoms with van der Waals surface area (Å²) in [6.07, 6.45) is 1.41. The second kappa shape index (κ2) is 10.1. The van der Waals surface area contributed by atoms with Crippen LogP contribution < -0.4 is 15.4 Å². The summed E-state index contributed by atoms with van der Waals surface area (Å²) in [6, 6.07) is 10.1. The molecule has 0 spiro atoms. The highest BCUT2D eigenvalue weighted by molar-refractivity contribution is 14.0. The van der Waals surface area contributed by atoms with E-state index in [1.165, 1.54) is 6.07 Å². The molecule has 0 aliphatic heterocycles. The zero-order chi connectivity index (χ0) is 15.8. The van der Waals surface area contributed by atoms with Crippen molar-refractivity contribution in [2.24, 2.45) is 4.99 Å². The molecule has 126 valence electrons. The Bertz CT molecular complexity index is 605. The lowest BCUT2D eigenvalue weighted by Gasteiger charge is -2.17. The molecule has 0 saturated heterocycles. The van der Waals surface area contributed by atoms with Gasteiger partial charge < -0.3 is 19.8 Å². The Morgan fingerprint density at radius 1 is 1.26 bits per heavy atom. The van der Waals surface area contributed by atoms with Crippen molar-refractivity contribution >= 4 is 29.9 Å². The molecule has 5 nitrogen and oxygen atoms in total. The molecule has 0 bridgehead atoms. The van der Waals surface area contributed by atoms with E-state index in [1.54, 1.807) is 31.5 Å². The molecule has 1 aromatic carbocycles. The quantitative estimate of drug-likeness (QED) is 0.418. The lowest BCUT2D eigenvalue weighted by Crippen LogP contribution is -2.41. The monoisotopic (exact) mass is 433 g/mol. The first-order chi connectivity index (χ1) is 10.7. The van der Waals surface area contributed by atoms with Gasteiger partial charge >= 0.3 is 0 Å². The molecule has 0 amide bonds. The van der Waals surface area contributed by atoms with Crippen molar-refractivity contribution in [2.45, 2.75) is 19.6 Å². The van der Waals surface area contributed by atoms with E-state index >= 15 is 0 Å². The van der Waals surface area contributed by atoms with Crippen LogP contribution in [0.1, 0.15) is 12.7 Å². The number of nitrogens with zero attached hydrogens (tertiary/aromatic N) is 1. The topological polar surface area (TPSA) is 58.8 Å². The van der Waals surface area contributed by atoms with Gasteiger partial charge in [0, 0.05) is 7.05 Å². The van der Waals surface area contributed by atoms with Crippen LogP contribution in [0.25, 0.3) is 0 Å². The molecule has 7 heteroatoms. The van der Waals surface area contributed by atoms with Gasteiger partial charge in [-0.05, 0) is 31.2 Å². The molecular weight excluding hydrogens is 412 g/mol. The minimum absolute atomic E-state index is 0. The Morgan fingerprint density at radius 3 is 2.70 bits per heavy atom. The van der Waals surface area contributed by atoms with E-state index in [4.69, 9.17) is 9.15 Å². The van der Waals surface area contributed by atoms with Crippen LogP contribution >= 0.6 is 24.0 Å². The van der Waals surface area contributed by atoms with Crippen molar-refractivity contribution in [2.75, 3.05) is 13.6 Å². The van der Waals surface area contributed by atoms with E-state index in [2.05, 4.69) is 15.6 Å². The third-order valence-corrected chi connectivity index (χ3v) is 2.96. The molecule has 2 aromatic rings. The molecule has 1 heterocycles. The molecule has 0 fully saturated rings. The van der Waals surface area contributed by atoms with Crippen molar-refractivity contribution in [3.05, 3.63) is 54.2 Å². The number of aliphatic imine (C=N–C) groups is 1. The maximum Gasteiger partial charge on any atom is 0.191 e. The predicted molar refractivity (Wildman–Crippen MR) is 98.8 cm³/mol. The van der Waals surface area contributed by atoms with Gasteiger partial charge in [0.1, 0.15) is 11.9 Å². The van der Waals surface area contributed by atoms with Gasteiger partial charge in [0.15, 0.2) is 17.5 Å². The summed E-state index contributed by atoms with van der Waals surface area (Å²) in [7, 11) is 1.68. The van der Waals surface area contributed by atoms with E-state index in [1.807, 2.05) is 19.1 Å². The molecule has 1 atom stereocenters. The van der Waals surface area contributed by atoms with Crippen LogP contribution in [0.3, 0.4) is 0 Å². The first-order valence-corrected chi connectivity index (χ1v) is 7.07. The fraction of sp³-hybridized carbons (Fsp3) is 0.312. The maximum atomic E-state index is 13.5. The fourth-order valence-corrected chi connectivity index (χ4v) is 1.84. The number of hydrogen-bond donors (Lipinski definition) is 2. The van der Waals surface area contributed by atoms with E-state index in [9.17, 15) is 4.39 Å². The van der Waals surface area contributed by atoms with Crippen molar-refractivity contribution < 1.29 is 13.5 Å². The van der Waals surface area contributed by atoms with E-state index in [-0.39, 0.29) is 41.6 Å². The zero-order valence-electron chi connectivity index (χ0n) is 13.1. The number of ether oxygens (including phenoxy) is 1.